The molecule has 2 saturated carbocycles. The Bertz CT molecular complexity index is 199. The highest BCUT2D eigenvalue weighted by Crippen LogP contribution is 2.60. The first-order valence-corrected chi connectivity index (χ1v) is 5.93. The van der Waals surface area contributed by atoms with Crippen LogP contribution in [0, 0.1) is 22.7 Å². The van der Waals surface area contributed by atoms with Crippen LogP contribution in [-0.4, -0.2) is 0 Å². The lowest BCUT2D eigenvalue weighted by atomic mass is 9.61. The standard InChI is InChI=1S/C13H24/c1-12(2,3)13(4)9-10-6-5-7-11(13)8-10/h10-11H,5-9H2,1-4H3. The van der Waals surface area contributed by atoms with E-state index in [2.05, 4.69) is 27.7 Å². The van der Waals surface area contributed by atoms with Gasteiger partial charge in [-0.1, -0.05) is 40.5 Å². The Labute approximate surface area is 83.1 Å². The molecule has 2 rings (SSSR count). The summed E-state index contributed by atoms with van der Waals surface area (Å²) in [6, 6.07) is 0. The molecular formula is C13H24. The van der Waals surface area contributed by atoms with Crippen LogP contribution in [0.1, 0.15) is 59.8 Å². The van der Waals surface area contributed by atoms with Crippen molar-refractivity contribution >= 4 is 0 Å². The van der Waals surface area contributed by atoms with E-state index in [1.807, 2.05) is 0 Å². The van der Waals surface area contributed by atoms with Crippen LogP contribution in [0.2, 0.25) is 0 Å². The van der Waals surface area contributed by atoms with Gasteiger partial charge in [-0.05, 0) is 41.9 Å². The van der Waals surface area contributed by atoms with E-state index in [1.165, 1.54) is 32.1 Å². The van der Waals surface area contributed by atoms with Crippen molar-refractivity contribution in [2.75, 3.05) is 0 Å². The number of fused-ring (bicyclic) bond motifs is 2. The van der Waals surface area contributed by atoms with Crippen LogP contribution in [0.15, 0.2) is 0 Å². The second-order valence-electron chi connectivity index (χ2n) is 6.60. The third-order valence-electron chi connectivity index (χ3n) is 5.11. The molecule has 2 bridgehead atoms. The van der Waals surface area contributed by atoms with Crippen molar-refractivity contribution in [3.8, 4) is 0 Å². The molecule has 0 aromatic carbocycles. The lowest BCUT2D eigenvalue weighted by Gasteiger charge is -2.43. The second kappa shape index (κ2) is 2.74. The highest BCUT2D eigenvalue weighted by molar-refractivity contribution is 5.01. The molecule has 0 spiro atoms. The summed E-state index contributed by atoms with van der Waals surface area (Å²) in [6.45, 7) is 9.86. The molecule has 0 amide bonds. The van der Waals surface area contributed by atoms with Crippen LogP contribution in [0.4, 0.5) is 0 Å². The normalized spacial score (nSPS) is 45.2. The van der Waals surface area contributed by atoms with Gasteiger partial charge in [-0.3, -0.25) is 0 Å². The van der Waals surface area contributed by atoms with E-state index in [0.717, 1.165) is 11.8 Å². The summed E-state index contributed by atoms with van der Waals surface area (Å²) in [4.78, 5) is 0. The fourth-order valence-corrected chi connectivity index (χ4v) is 3.74. The molecule has 3 unspecified atom stereocenters. The Hall–Kier alpha value is 0. The molecule has 0 heterocycles. The van der Waals surface area contributed by atoms with Crippen LogP contribution in [-0.2, 0) is 0 Å². The van der Waals surface area contributed by atoms with Crippen LogP contribution in [0.3, 0.4) is 0 Å². The number of rotatable bonds is 0. The molecule has 0 saturated heterocycles. The number of hydrogen-bond acceptors (Lipinski definition) is 0. The van der Waals surface area contributed by atoms with E-state index >= 15 is 0 Å². The maximum Gasteiger partial charge on any atom is -0.0246 e. The molecule has 0 nitrogen and oxygen atoms in total. The van der Waals surface area contributed by atoms with Crippen LogP contribution in [0.5, 0.6) is 0 Å². The van der Waals surface area contributed by atoms with Crippen molar-refractivity contribution in [2.45, 2.75) is 59.8 Å². The monoisotopic (exact) mass is 180 g/mol. The third-order valence-corrected chi connectivity index (χ3v) is 5.11. The molecule has 0 N–H and O–H groups in total. The smallest absolute Gasteiger partial charge is 0.0246 e. The summed E-state index contributed by atoms with van der Waals surface area (Å²) in [5.41, 5.74) is 1.14. The molecule has 76 valence electrons. The fraction of sp³-hybridized carbons (Fsp3) is 1.00. The Morgan fingerprint density at radius 3 is 2.38 bits per heavy atom. The van der Waals surface area contributed by atoms with Crippen LogP contribution < -0.4 is 0 Å². The highest BCUT2D eigenvalue weighted by Gasteiger charge is 2.51. The highest BCUT2D eigenvalue weighted by atomic mass is 14.6. The quantitative estimate of drug-likeness (QED) is 0.523. The molecule has 0 aliphatic heterocycles. The Balaban J connectivity index is 2.24. The van der Waals surface area contributed by atoms with Gasteiger partial charge in [0.1, 0.15) is 0 Å². The van der Waals surface area contributed by atoms with Crippen molar-refractivity contribution < 1.29 is 0 Å². The van der Waals surface area contributed by atoms with Crippen LogP contribution >= 0.6 is 0 Å². The summed E-state index contributed by atoms with van der Waals surface area (Å²) in [5.74, 6) is 2.11. The predicted octanol–water partition coefficient (Wildman–Crippen LogP) is 4.25. The van der Waals surface area contributed by atoms with Gasteiger partial charge in [0, 0.05) is 0 Å². The molecule has 0 aromatic rings. The molecule has 13 heavy (non-hydrogen) atoms. The van der Waals surface area contributed by atoms with Crippen LogP contribution in [0.25, 0.3) is 0 Å². The SMILES string of the molecule is CC(C)(C)C1(C)CC2CCCC1C2. The first-order valence-electron chi connectivity index (χ1n) is 5.93. The van der Waals surface area contributed by atoms with Gasteiger partial charge in [0.05, 0.1) is 0 Å². The van der Waals surface area contributed by atoms with Crippen molar-refractivity contribution in [1.29, 1.82) is 0 Å². The summed E-state index contributed by atoms with van der Waals surface area (Å²) >= 11 is 0. The van der Waals surface area contributed by atoms with Gasteiger partial charge < -0.3 is 0 Å². The zero-order chi connectivity index (χ0) is 9.69. The van der Waals surface area contributed by atoms with Gasteiger partial charge in [0.25, 0.3) is 0 Å². The molecule has 3 atom stereocenters. The predicted molar refractivity (Wildman–Crippen MR) is 57.6 cm³/mol. The van der Waals surface area contributed by atoms with Gasteiger partial charge in [-0.2, -0.15) is 0 Å². The van der Waals surface area contributed by atoms with E-state index < -0.39 is 0 Å². The van der Waals surface area contributed by atoms with Crippen molar-refractivity contribution in [2.24, 2.45) is 22.7 Å². The van der Waals surface area contributed by atoms with Crippen molar-refractivity contribution in [1.82, 2.24) is 0 Å². The van der Waals surface area contributed by atoms with E-state index in [9.17, 15) is 0 Å². The average molecular weight is 180 g/mol. The van der Waals surface area contributed by atoms with E-state index in [-0.39, 0.29) is 0 Å². The maximum atomic E-state index is 2.54. The third kappa shape index (κ3) is 1.33. The Kier molecular flexibility index (Phi) is 2.02. The second-order valence-corrected chi connectivity index (χ2v) is 6.60. The minimum atomic E-state index is 0.511. The first kappa shape index (κ1) is 9.55. The van der Waals surface area contributed by atoms with Gasteiger partial charge >= 0.3 is 0 Å². The number of hydrogen-bond donors (Lipinski definition) is 0. The first-order chi connectivity index (χ1) is 5.93. The van der Waals surface area contributed by atoms with E-state index in [4.69, 9.17) is 0 Å². The van der Waals surface area contributed by atoms with E-state index in [1.54, 1.807) is 0 Å². The minimum absolute atomic E-state index is 0.511. The average Bonchev–Trinajstić information content (AvgIpc) is 2.23. The zero-order valence-corrected chi connectivity index (χ0v) is 9.69. The van der Waals surface area contributed by atoms with Crippen molar-refractivity contribution in [3.63, 3.8) is 0 Å². The molecule has 0 aromatic heterocycles. The topological polar surface area (TPSA) is 0 Å². The molecule has 0 heteroatoms. The molecule has 0 radical (unpaired) electrons. The molecule has 2 fully saturated rings. The Morgan fingerprint density at radius 2 is 1.85 bits per heavy atom. The van der Waals surface area contributed by atoms with Crippen molar-refractivity contribution in [3.05, 3.63) is 0 Å². The fourth-order valence-electron chi connectivity index (χ4n) is 3.74. The van der Waals surface area contributed by atoms with Gasteiger partial charge in [0.2, 0.25) is 0 Å². The van der Waals surface area contributed by atoms with Gasteiger partial charge in [-0.25, -0.2) is 0 Å². The molecule has 2 aliphatic carbocycles. The van der Waals surface area contributed by atoms with Gasteiger partial charge in [-0.15, -0.1) is 0 Å². The molecule has 2 aliphatic rings. The lowest BCUT2D eigenvalue weighted by molar-refractivity contribution is 0.0577. The summed E-state index contributed by atoms with van der Waals surface area (Å²) in [5, 5.41) is 0. The lowest BCUT2D eigenvalue weighted by Crippen LogP contribution is -2.35. The Morgan fingerprint density at radius 1 is 1.15 bits per heavy atom. The zero-order valence-electron chi connectivity index (χ0n) is 9.69. The summed E-state index contributed by atoms with van der Waals surface area (Å²) < 4.78 is 0. The summed E-state index contributed by atoms with van der Waals surface area (Å²) in [6.07, 6.45) is 7.56. The summed E-state index contributed by atoms with van der Waals surface area (Å²) in [7, 11) is 0. The molecular weight excluding hydrogens is 156 g/mol. The van der Waals surface area contributed by atoms with Gasteiger partial charge in [0.15, 0.2) is 0 Å². The maximum absolute atomic E-state index is 2.54. The minimum Gasteiger partial charge on any atom is -0.0596 e. The largest absolute Gasteiger partial charge is 0.0596 e. The van der Waals surface area contributed by atoms with E-state index in [0.29, 0.717) is 10.8 Å².